The number of nitrogens with one attached hydrogen (secondary N) is 1. The van der Waals surface area contributed by atoms with Crippen molar-refractivity contribution in [3.63, 3.8) is 0 Å². The number of nitrogens with zero attached hydrogens (tertiary/aromatic N) is 2. The number of rotatable bonds is 6. The summed E-state index contributed by atoms with van der Waals surface area (Å²) < 4.78 is 10.9. The van der Waals surface area contributed by atoms with Gasteiger partial charge in [-0.1, -0.05) is 28.9 Å². The Bertz CT molecular complexity index is 1260. The zero-order valence-corrected chi connectivity index (χ0v) is 19.5. The van der Waals surface area contributed by atoms with Gasteiger partial charge in [-0.15, -0.1) is 0 Å². The van der Waals surface area contributed by atoms with E-state index in [2.05, 4.69) is 47.1 Å². The maximum atomic E-state index is 11.2. The van der Waals surface area contributed by atoms with E-state index in [-0.39, 0.29) is 0 Å². The lowest BCUT2D eigenvalue weighted by atomic mass is 9.87. The maximum absolute atomic E-state index is 11.2. The predicted molar refractivity (Wildman–Crippen MR) is 129 cm³/mol. The SMILES string of the molecule is COc1cccc(-c2cc(CC3(O)CCN(Cc4[nH]c5ccc(C)cc5c4C)CC3)on2)c1. The third kappa shape index (κ3) is 4.54. The standard InChI is InChI=1S/C27H31N3O3/c1-18-7-8-24-23(13-18)19(2)26(28-24)17-30-11-9-27(31,10-12-30)16-22-15-25(29-33-22)20-5-4-6-21(14-20)32-3/h4-8,13-15,28,31H,9-12,16-17H2,1-3H3. The monoisotopic (exact) mass is 445 g/mol. The Morgan fingerprint density at radius 3 is 2.73 bits per heavy atom. The van der Waals surface area contributed by atoms with Crippen LogP contribution in [0.1, 0.15) is 35.4 Å². The highest BCUT2D eigenvalue weighted by molar-refractivity contribution is 5.85. The lowest BCUT2D eigenvalue weighted by Crippen LogP contribution is -2.45. The number of ether oxygens (including phenoxy) is 1. The van der Waals surface area contributed by atoms with Crippen molar-refractivity contribution in [2.75, 3.05) is 20.2 Å². The van der Waals surface area contributed by atoms with Crippen LogP contribution in [0.25, 0.3) is 22.2 Å². The fourth-order valence-corrected chi connectivity index (χ4v) is 4.82. The van der Waals surface area contributed by atoms with Crippen molar-refractivity contribution in [1.82, 2.24) is 15.0 Å². The van der Waals surface area contributed by atoms with Crippen molar-refractivity contribution in [2.45, 2.75) is 45.3 Å². The number of aliphatic hydroxyl groups is 1. The summed E-state index contributed by atoms with van der Waals surface area (Å²) in [7, 11) is 1.65. The molecule has 0 bridgehead atoms. The Morgan fingerprint density at radius 2 is 1.94 bits per heavy atom. The molecule has 33 heavy (non-hydrogen) atoms. The number of piperidine rings is 1. The first-order valence-electron chi connectivity index (χ1n) is 11.5. The minimum Gasteiger partial charge on any atom is -0.497 e. The molecule has 4 aromatic rings. The summed E-state index contributed by atoms with van der Waals surface area (Å²) in [5.74, 6) is 1.49. The second-order valence-corrected chi connectivity index (χ2v) is 9.37. The first kappa shape index (κ1) is 21.7. The largest absolute Gasteiger partial charge is 0.497 e. The second-order valence-electron chi connectivity index (χ2n) is 9.37. The second kappa shape index (κ2) is 8.69. The molecular formula is C27H31N3O3. The molecule has 0 spiro atoms. The van der Waals surface area contributed by atoms with Crippen LogP contribution in [-0.2, 0) is 13.0 Å². The molecule has 6 nitrogen and oxygen atoms in total. The van der Waals surface area contributed by atoms with Crippen LogP contribution in [0.2, 0.25) is 0 Å². The maximum Gasteiger partial charge on any atom is 0.140 e. The molecule has 1 fully saturated rings. The van der Waals surface area contributed by atoms with Gasteiger partial charge in [0.25, 0.3) is 0 Å². The number of methoxy groups -OCH3 is 1. The van der Waals surface area contributed by atoms with Crippen molar-refractivity contribution in [1.29, 1.82) is 0 Å². The van der Waals surface area contributed by atoms with Gasteiger partial charge in [-0.2, -0.15) is 0 Å². The molecule has 1 saturated heterocycles. The van der Waals surface area contributed by atoms with Crippen LogP contribution in [0.5, 0.6) is 5.75 Å². The summed E-state index contributed by atoms with van der Waals surface area (Å²) in [6, 6.07) is 16.2. The topological polar surface area (TPSA) is 74.5 Å². The van der Waals surface area contributed by atoms with E-state index in [4.69, 9.17) is 9.26 Å². The van der Waals surface area contributed by atoms with Crippen LogP contribution >= 0.6 is 0 Å². The number of aromatic amines is 1. The highest BCUT2D eigenvalue weighted by Gasteiger charge is 2.34. The summed E-state index contributed by atoms with van der Waals surface area (Å²) in [6.07, 6.45) is 1.89. The molecule has 0 amide bonds. The van der Waals surface area contributed by atoms with Crippen LogP contribution in [0.15, 0.2) is 53.1 Å². The third-order valence-electron chi connectivity index (χ3n) is 6.91. The molecule has 1 aliphatic rings. The average molecular weight is 446 g/mol. The average Bonchev–Trinajstić information content (AvgIpc) is 3.40. The highest BCUT2D eigenvalue weighted by atomic mass is 16.5. The van der Waals surface area contributed by atoms with Gasteiger partial charge in [0.2, 0.25) is 0 Å². The molecule has 3 heterocycles. The summed E-state index contributed by atoms with van der Waals surface area (Å²) in [5, 5.41) is 16.7. The van der Waals surface area contributed by atoms with Gasteiger partial charge in [0.1, 0.15) is 17.2 Å². The smallest absolute Gasteiger partial charge is 0.140 e. The van der Waals surface area contributed by atoms with Crippen LogP contribution < -0.4 is 4.74 Å². The van der Waals surface area contributed by atoms with Gasteiger partial charge in [-0.05, 0) is 56.5 Å². The molecule has 0 saturated carbocycles. The molecule has 5 rings (SSSR count). The van der Waals surface area contributed by atoms with Crippen LogP contribution in [0, 0.1) is 13.8 Å². The minimum atomic E-state index is -0.770. The van der Waals surface area contributed by atoms with Crippen molar-refractivity contribution in [2.24, 2.45) is 0 Å². The van der Waals surface area contributed by atoms with Crippen LogP contribution in [0.3, 0.4) is 0 Å². The van der Waals surface area contributed by atoms with E-state index in [1.54, 1.807) is 7.11 Å². The Kier molecular flexibility index (Phi) is 5.72. The van der Waals surface area contributed by atoms with Crippen molar-refractivity contribution in [3.05, 3.63) is 71.1 Å². The summed E-state index contributed by atoms with van der Waals surface area (Å²) >= 11 is 0. The Balaban J connectivity index is 1.22. The molecule has 2 aromatic heterocycles. The first-order valence-corrected chi connectivity index (χ1v) is 11.5. The van der Waals surface area contributed by atoms with Crippen LogP contribution in [0.4, 0.5) is 0 Å². The molecular weight excluding hydrogens is 414 g/mol. The van der Waals surface area contributed by atoms with Crippen molar-refractivity contribution >= 4 is 10.9 Å². The first-order chi connectivity index (χ1) is 15.9. The van der Waals surface area contributed by atoms with Gasteiger partial charge in [-0.25, -0.2) is 0 Å². The minimum absolute atomic E-state index is 0.475. The quantitative estimate of drug-likeness (QED) is 0.436. The molecule has 1 aliphatic heterocycles. The van der Waals surface area contributed by atoms with E-state index < -0.39 is 5.60 Å². The molecule has 0 unspecified atom stereocenters. The zero-order valence-electron chi connectivity index (χ0n) is 19.5. The molecule has 0 atom stereocenters. The van der Waals surface area contributed by atoms with E-state index in [0.717, 1.165) is 36.6 Å². The van der Waals surface area contributed by atoms with Crippen molar-refractivity contribution in [3.8, 4) is 17.0 Å². The summed E-state index contributed by atoms with van der Waals surface area (Å²) in [4.78, 5) is 6.01. The molecule has 172 valence electrons. The lowest BCUT2D eigenvalue weighted by Gasteiger charge is -2.37. The molecule has 6 heteroatoms. The molecule has 0 radical (unpaired) electrons. The number of H-pyrrole nitrogens is 1. The number of likely N-dealkylation sites (tertiary alicyclic amines) is 1. The molecule has 2 N–H and O–H groups in total. The van der Waals surface area contributed by atoms with Gasteiger partial charge in [0.05, 0.1) is 12.7 Å². The summed E-state index contributed by atoms with van der Waals surface area (Å²) in [5.41, 5.74) is 5.99. The number of fused-ring (bicyclic) bond motifs is 1. The number of aryl methyl sites for hydroxylation is 2. The third-order valence-corrected chi connectivity index (χ3v) is 6.91. The van der Waals surface area contributed by atoms with E-state index >= 15 is 0 Å². The molecule has 0 aliphatic carbocycles. The van der Waals surface area contributed by atoms with E-state index in [9.17, 15) is 5.11 Å². The highest BCUT2D eigenvalue weighted by Crippen LogP contribution is 2.31. The Hall–Kier alpha value is -3.09. The van der Waals surface area contributed by atoms with Gasteiger partial charge in [0, 0.05) is 54.3 Å². The van der Waals surface area contributed by atoms with Gasteiger partial charge in [0.15, 0.2) is 0 Å². The fraction of sp³-hybridized carbons (Fsp3) is 0.370. The fourth-order valence-electron chi connectivity index (χ4n) is 4.82. The van der Waals surface area contributed by atoms with Gasteiger partial charge >= 0.3 is 0 Å². The number of hydrogen-bond acceptors (Lipinski definition) is 5. The van der Waals surface area contributed by atoms with Crippen LogP contribution in [-0.4, -0.2) is 45.9 Å². The van der Waals surface area contributed by atoms with E-state index in [0.29, 0.717) is 25.0 Å². The van der Waals surface area contributed by atoms with Gasteiger partial charge in [-0.3, -0.25) is 4.90 Å². The summed E-state index contributed by atoms with van der Waals surface area (Å²) in [6.45, 7) is 6.89. The van der Waals surface area contributed by atoms with E-state index in [1.165, 1.54) is 27.7 Å². The van der Waals surface area contributed by atoms with Crippen molar-refractivity contribution < 1.29 is 14.4 Å². The Morgan fingerprint density at radius 1 is 1.12 bits per heavy atom. The zero-order chi connectivity index (χ0) is 23.0. The lowest BCUT2D eigenvalue weighted by molar-refractivity contribution is -0.0267. The number of hydrogen-bond donors (Lipinski definition) is 2. The van der Waals surface area contributed by atoms with Gasteiger partial charge < -0.3 is 19.4 Å². The number of aromatic nitrogens is 2. The van der Waals surface area contributed by atoms with E-state index in [1.807, 2.05) is 30.3 Å². The predicted octanol–water partition coefficient (Wildman–Crippen LogP) is 5.02. The number of benzene rings is 2. The molecule has 2 aromatic carbocycles. The Labute approximate surface area is 194 Å². The normalized spacial score (nSPS) is 16.4.